The Hall–Kier alpha value is -3.20. The molecule has 5 rings (SSSR count). The van der Waals surface area contributed by atoms with Gasteiger partial charge in [-0.05, 0) is 54.5 Å². The first kappa shape index (κ1) is 25.4. The van der Waals surface area contributed by atoms with Gasteiger partial charge in [0.2, 0.25) is 11.9 Å². The second-order valence-corrected chi connectivity index (χ2v) is 8.31. The molecule has 184 valence electrons. The summed E-state index contributed by atoms with van der Waals surface area (Å²) in [6, 6.07) is 5.72. The van der Waals surface area contributed by atoms with Gasteiger partial charge < -0.3 is 20.2 Å². The molecule has 0 saturated heterocycles. The van der Waals surface area contributed by atoms with E-state index < -0.39 is 5.82 Å². The number of hydroxylamine groups is 1. The molecule has 1 unspecified atom stereocenters. The van der Waals surface area contributed by atoms with Crippen LogP contribution in [-0.4, -0.2) is 40.1 Å². The van der Waals surface area contributed by atoms with Crippen molar-refractivity contribution in [2.75, 3.05) is 18.0 Å². The van der Waals surface area contributed by atoms with Gasteiger partial charge in [0.15, 0.2) is 5.82 Å². The molecule has 0 bridgehead atoms. The summed E-state index contributed by atoms with van der Waals surface area (Å²) in [5.74, 6) is 1.93. The number of anilines is 1. The zero-order chi connectivity index (χ0) is 24.5. The standard InChI is InChI=1S/C13H12FN3O.C10H16N2O2.C2H6/c14-11-6-15-13(16-7-11)17-4-3-9-5-12(18)2-1-10(9)8-17;1-7(13)11-6-9-5-10(12-14-9)8-3-2-4-8;1-2/h1-2,5-7,18H,3-4,8H2;5,8,10,12H,2-4,6H2,1H3,(H,11,13);1-2H3. The van der Waals surface area contributed by atoms with E-state index in [-0.39, 0.29) is 5.91 Å². The number of fused-ring (bicyclic) bond motifs is 1. The molecular formula is C25H34FN5O3. The maximum atomic E-state index is 12.8. The first-order valence-corrected chi connectivity index (χ1v) is 11.9. The molecule has 1 aliphatic carbocycles. The van der Waals surface area contributed by atoms with E-state index in [2.05, 4.69) is 26.8 Å². The summed E-state index contributed by atoms with van der Waals surface area (Å²) < 4.78 is 12.8. The van der Waals surface area contributed by atoms with Crippen molar-refractivity contribution in [3.05, 3.63) is 59.4 Å². The van der Waals surface area contributed by atoms with Crippen LogP contribution in [0.25, 0.3) is 0 Å². The highest BCUT2D eigenvalue weighted by molar-refractivity contribution is 5.73. The molecule has 1 fully saturated rings. The number of phenols is 1. The van der Waals surface area contributed by atoms with Gasteiger partial charge >= 0.3 is 0 Å². The lowest BCUT2D eigenvalue weighted by molar-refractivity contribution is -0.119. The summed E-state index contributed by atoms with van der Waals surface area (Å²) in [7, 11) is 0. The van der Waals surface area contributed by atoms with Crippen LogP contribution in [0.4, 0.5) is 10.3 Å². The zero-order valence-corrected chi connectivity index (χ0v) is 20.1. The van der Waals surface area contributed by atoms with E-state index >= 15 is 0 Å². The number of rotatable bonds is 4. The highest BCUT2D eigenvalue weighted by Crippen LogP contribution is 2.32. The summed E-state index contributed by atoms with van der Waals surface area (Å²) in [6.45, 7) is 7.45. The number of nitrogens with zero attached hydrogens (tertiary/aromatic N) is 3. The second kappa shape index (κ2) is 12.3. The number of carbonyl (C=O) groups excluding carboxylic acids is 1. The van der Waals surface area contributed by atoms with Gasteiger partial charge in [0.25, 0.3) is 0 Å². The molecule has 34 heavy (non-hydrogen) atoms. The number of phenolic OH excluding ortho intramolecular Hbond substituents is 1. The van der Waals surface area contributed by atoms with Crippen molar-refractivity contribution in [3.8, 4) is 5.75 Å². The number of hydrogen-bond donors (Lipinski definition) is 3. The Morgan fingerprint density at radius 1 is 1.26 bits per heavy atom. The van der Waals surface area contributed by atoms with Gasteiger partial charge in [-0.2, -0.15) is 0 Å². The highest BCUT2D eigenvalue weighted by atomic mass is 19.1. The molecule has 8 nitrogen and oxygen atoms in total. The van der Waals surface area contributed by atoms with Crippen molar-refractivity contribution >= 4 is 11.9 Å². The molecule has 0 spiro atoms. The van der Waals surface area contributed by atoms with E-state index in [1.54, 1.807) is 12.1 Å². The smallest absolute Gasteiger partial charge is 0.225 e. The molecule has 9 heteroatoms. The summed E-state index contributed by atoms with van der Waals surface area (Å²) in [6.07, 6.45) is 9.15. The molecule has 1 amide bonds. The van der Waals surface area contributed by atoms with Gasteiger partial charge in [-0.25, -0.2) is 14.4 Å². The zero-order valence-electron chi connectivity index (χ0n) is 20.1. The quantitative estimate of drug-likeness (QED) is 0.626. The number of hydrogen-bond acceptors (Lipinski definition) is 7. The van der Waals surface area contributed by atoms with Crippen LogP contribution >= 0.6 is 0 Å². The third-order valence-corrected chi connectivity index (χ3v) is 5.95. The number of nitrogens with one attached hydrogen (secondary N) is 2. The van der Waals surface area contributed by atoms with Crippen LogP contribution in [0.1, 0.15) is 51.2 Å². The van der Waals surface area contributed by atoms with Crippen LogP contribution in [0.2, 0.25) is 0 Å². The SMILES string of the molecule is CC.CC(=O)NCC1=CC(C2CCC2)NO1.Oc1ccc2c(c1)CCN(c1ncc(F)cn1)C2. The average Bonchev–Trinajstić information content (AvgIpc) is 3.27. The maximum absolute atomic E-state index is 12.8. The van der Waals surface area contributed by atoms with Crippen LogP contribution in [0.15, 0.2) is 42.4 Å². The molecule has 2 aromatic rings. The number of carbonyl (C=O) groups is 1. The van der Waals surface area contributed by atoms with Crippen molar-refractivity contribution < 1.29 is 19.1 Å². The third kappa shape index (κ3) is 6.90. The Bertz CT molecular complexity index is 979. The van der Waals surface area contributed by atoms with Gasteiger partial charge in [0.1, 0.15) is 11.5 Å². The molecule has 1 aromatic carbocycles. The van der Waals surface area contributed by atoms with Crippen LogP contribution in [0.3, 0.4) is 0 Å². The largest absolute Gasteiger partial charge is 0.508 e. The Morgan fingerprint density at radius 3 is 2.65 bits per heavy atom. The molecular weight excluding hydrogens is 437 g/mol. The van der Waals surface area contributed by atoms with Crippen LogP contribution in [-0.2, 0) is 22.6 Å². The van der Waals surface area contributed by atoms with E-state index in [0.29, 0.717) is 30.8 Å². The lowest BCUT2D eigenvalue weighted by Crippen LogP contribution is -2.34. The predicted molar refractivity (Wildman–Crippen MR) is 128 cm³/mol. The van der Waals surface area contributed by atoms with Gasteiger partial charge in [0, 0.05) is 20.0 Å². The molecule has 1 saturated carbocycles. The normalized spacial score (nSPS) is 18.6. The first-order valence-electron chi connectivity index (χ1n) is 11.9. The molecule has 3 N–H and O–H groups in total. The van der Waals surface area contributed by atoms with Gasteiger partial charge in [-0.3, -0.25) is 4.79 Å². The lowest BCUT2D eigenvalue weighted by atomic mass is 9.80. The van der Waals surface area contributed by atoms with Crippen molar-refractivity contribution in [1.82, 2.24) is 20.8 Å². The fraction of sp³-hybridized carbons (Fsp3) is 0.480. The predicted octanol–water partition coefficient (Wildman–Crippen LogP) is 3.62. The average molecular weight is 472 g/mol. The monoisotopic (exact) mass is 471 g/mol. The number of amides is 1. The van der Waals surface area contributed by atoms with Crippen molar-refractivity contribution in [2.24, 2.45) is 5.92 Å². The fourth-order valence-corrected chi connectivity index (χ4v) is 3.93. The third-order valence-electron chi connectivity index (χ3n) is 5.95. The summed E-state index contributed by atoms with van der Waals surface area (Å²) in [5, 5.41) is 12.1. The minimum atomic E-state index is -0.430. The van der Waals surface area contributed by atoms with Crippen molar-refractivity contribution in [3.63, 3.8) is 0 Å². The van der Waals surface area contributed by atoms with Gasteiger partial charge in [-0.15, -0.1) is 5.48 Å². The Balaban J connectivity index is 0.000000183. The lowest BCUT2D eigenvalue weighted by Gasteiger charge is -2.28. The van der Waals surface area contributed by atoms with E-state index in [1.165, 1.54) is 38.6 Å². The summed E-state index contributed by atoms with van der Waals surface area (Å²) >= 11 is 0. The minimum Gasteiger partial charge on any atom is -0.508 e. The van der Waals surface area contributed by atoms with Crippen LogP contribution < -0.4 is 15.7 Å². The molecule has 3 heterocycles. The van der Waals surface area contributed by atoms with E-state index in [0.717, 1.165) is 35.8 Å². The van der Waals surface area contributed by atoms with Crippen molar-refractivity contribution in [2.45, 2.75) is 59.0 Å². The number of aromatic hydroxyl groups is 1. The first-order chi connectivity index (χ1) is 16.5. The van der Waals surface area contributed by atoms with Gasteiger partial charge in [-0.1, -0.05) is 26.3 Å². The number of aromatic nitrogens is 2. The van der Waals surface area contributed by atoms with E-state index in [4.69, 9.17) is 4.84 Å². The van der Waals surface area contributed by atoms with Gasteiger partial charge in [0.05, 0.1) is 25.0 Å². The molecule has 2 aliphatic heterocycles. The van der Waals surface area contributed by atoms with Crippen molar-refractivity contribution in [1.29, 1.82) is 0 Å². The van der Waals surface area contributed by atoms with Crippen LogP contribution in [0, 0.1) is 11.7 Å². The Labute approximate surface area is 200 Å². The molecule has 1 atom stereocenters. The summed E-state index contributed by atoms with van der Waals surface area (Å²) in [4.78, 5) is 25.9. The van der Waals surface area contributed by atoms with E-state index in [1.807, 2.05) is 24.8 Å². The fourth-order valence-electron chi connectivity index (χ4n) is 3.93. The minimum absolute atomic E-state index is 0.0263. The van der Waals surface area contributed by atoms with E-state index in [9.17, 15) is 14.3 Å². The van der Waals surface area contributed by atoms with Crippen LogP contribution in [0.5, 0.6) is 5.75 Å². The molecule has 3 aliphatic rings. The second-order valence-electron chi connectivity index (χ2n) is 8.31. The maximum Gasteiger partial charge on any atom is 0.225 e. The molecule has 1 aromatic heterocycles. The highest BCUT2D eigenvalue weighted by Gasteiger charge is 2.30. The topological polar surface area (TPSA) is 99.6 Å². The Kier molecular flexibility index (Phi) is 9.21. The molecule has 0 radical (unpaired) electrons. The number of halogens is 1. The number of benzene rings is 1. The Morgan fingerprint density at radius 2 is 2.00 bits per heavy atom. The summed E-state index contributed by atoms with van der Waals surface area (Å²) in [5.41, 5.74) is 5.28.